The number of carbonyl (C=O) groups excluding carboxylic acids is 3. The predicted molar refractivity (Wildman–Crippen MR) is 120 cm³/mol. The second kappa shape index (κ2) is 8.03. The second-order valence-corrected chi connectivity index (χ2v) is 8.33. The number of hydrogen-bond donors (Lipinski definition) is 1. The standard InChI is InChI=1S/C23H13BrF2N4O4/c1-29-10-27-20-17(29)9-14(19(18(20)26)28-16-7-6-11(24)8-15(16)25)23(33)34-30-21(31)12-4-2-3-5-13(12)22(30)32/h2-10,28H,1H3. The molecule has 0 saturated heterocycles. The highest BCUT2D eigenvalue weighted by Gasteiger charge is 2.39. The minimum atomic E-state index is -1.20. The molecule has 5 rings (SSSR count). The molecule has 170 valence electrons. The Morgan fingerprint density at radius 1 is 1.06 bits per heavy atom. The summed E-state index contributed by atoms with van der Waals surface area (Å²) in [5.41, 5.74) is -0.588. The number of imide groups is 1. The van der Waals surface area contributed by atoms with Crippen molar-refractivity contribution >= 4 is 56.1 Å². The van der Waals surface area contributed by atoms with Crippen LogP contribution in [0.1, 0.15) is 31.1 Å². The van der Waals surface area contributed by atoms with E-state index in [4.69, 9.17) is 4.84 Å². The molecule has 0 fully saturated rings. The summed E-state index contributed by atoms with van der Waals surface area (Å²) < 4.78 is 31.8. The summed E-state index contributed by atoms with van der Waals surface area (Å²) >= 11 is 3.14. The summed E-state index contributed by atoms with van der Waals surface area (Å²) in [4.78, 5) is 47.4. The normalized spacial score (nSPS) is 12.9. The molecule has 1 N–H and O–H groups in total. The van der Waals surface area contributed by atoms with E-state index in [0.717, 1.165) is 6.07 Å². The number of halogens is 3. The van der Waals surface area contributed by atoms with Crippen molar-refractivity contribution in [3.8, 4) is 0 Å². The fraction of sp³-hybridized carbons (Fsp3) is 0.0435. The van der Waals surface area contributed by atoms with Gasteiger partial charge in [0.1, 0.15) is 11.3 Å². The van der Waals surface area contributed by atoms with Crippen LogP contribution >= 0.6 is 15.9 Å². The molecule has 3 aromatic carbocycles. The van der Waals surface area contributed by atoms with Gasteiger partial charge in [-0.05, 0) is 36.4 Å². The lowest BCUT2D eigenvalue weighted by molar-refractivity contribution is -0.0583. The van der Waals surface area contributed by atoms with Crippen LogP contribution in [0.5, 0.6) is 0 Å². The molecular weight excluding hydrogens is 514 g/mol. The van der Waals surface area contributed by atoms with Crippen LogP contribution in [0.4, 0.5) is 20.2 Å². The largest absolute Gasteiger partial charge is 0.366 e. The number of aryl methyl sites for hydroxylation is 1. The van der Waals surface area contributed by atoms with Crippen LogP contribution in [0.3, 0.4) is 0 Å². The third-order valence-electron chi connectivity index (χ3n) is 5.30. The van der Waals surface area contributed by atoms with Gasteiger partial charge in [-0.1, -0.05) is 33.1 Å². The van der Waals surface area contributed by atoms with E-state index in [1.165, 1.54) is 41.2 Å². The molecule has 2 amide bonds. The molecule has 0 saturated carbocycles. The highest BCUT2D eigenvalue weighted by atomic mass is 79.9. The molecule has 0 bridgehead atoms. The molecule has 0 spiro atoms. The molecule has 1 aromatic heterocycles. The number of anilines is 2. The zero-order valence-electron chi connectivity index (χ0n) is 17.3. The van der Waals surface area contributed by atoms with E-state index in [1.54, 1.807) is 19.2 Å². The molecule has 0 radical (unpaired) electrons. The SMILES string of the molecule is Cn1cnc2c(F)c(Nc3ccc(Br)cc3F)c(C(=O)ON3C(=O)c4ccccc4C3=O)cc21. The summed E-state index contributed by atoms with van der Waals surface area (Å²) in [5, 5.41) is 2.90. The van der Waals surface area contributed by atoms with Crippen LogP contribution in [0, 0.1) is 11.6 Å². The molecule has 0 aliphatic carbocycles. The fourth-order valence-electron chi connectivity index (χ4n) is 3.62. The van der Waals surface area contributed by atoms with Crippen LogP contribution in [0.2, 0.25) is 0 Å². The van der Waals surface area contributed by atoms with Crippen LogP contribution in [0.15, 0.2) is 59.3 Å². The molecule has 1 aliphatic rings. The van der Waals surface area contributed by atoms with Crippen molar-refractivity contribution in [2.45, 2.75) is 0 Å². The van der Waals surface area contributed by atoms with Gasteiger partial charge in [-0.25, -0.2) is 18.6 Å². The quantitative estimate of drug-likeness (QED) is 0.386. The van der Waals surface area contributed by atoms with Crippen molar-refractivity contribution in [3.63, 3.8) is 0 Å². The van der Waals surface area contributed by atoms with Crippen LogP contribution in [-0.2, 0) is 11.9 Å². The topological polar surface area (TPSA) is 93.5 Å². The van der Waals surface area contributed by atoms with Crippen molar-refractivity contribution < 1.29 is 28.0 Å². The summed E-state index contributed by atoms with van der Waals surface area (Å²) in [5.74, 6) is -4.50. The summed E-state index contributed by atoms with van der Waals surface area (Å²) in [6, 6.07) is 11.3. The lowest BCUT2D eigenvalue weighted by Crippen LogP contribution is -2.33. The number of hydroxylamine groups is 2. The van der Waals surface area contributed by atoms with Gasteiger partial charge < -0.3 is 14.7 Å². The monoisotopic (exact) mass is 526 g/mol. The van der Waals surface area contributed by atoms with E-state index < -0.39 is 35.1 Å². The van der Waals surface area contributed by atoms with Gasteiger partial charge in [0.05, 0.1) is 39.9 Å². The van der Waals surface area contributed by atoms with Crippen molar-refractivity contribution in [1.29, 1.82) is 0 Å². The van der Waals surface area contributed by atoms with E-state index in [0.29, 0.717) is 9.54 Å². The van der Waals surface area contributed by atoms with Gasteiger partial charge in [0.15, 0.2) is 5.82 Å². The molecule has 11 heteroatoms. The first kappa shape index (κ1) is 21.7. The minimum absolute atomic E-state index is 0.0696. The maximum Gasteiger partial charge on any atom is 0.366 e. The van der Waals surface area contributed by atoms with E-state index in [2.05, 4.69) is 26.2 Å². The Balaban J connectivity index is 1.57. The first-order valence-corrected chi connectivity index (χ1v) is 10.6. The third-order valence-corrected chi connectivity index (χ3v) is 5.80. The summed E-state index contributed by atoms with van der Waals surface area (Å²) in [6.45, 7) is 0. The Morgan fingerprint density at radius 3 is 2.38 bits per heavy atom. The number of hydrogen-bond acceptors (Lipinski definition) is 6. The average Bonchev–Trinajstić information content (AvgIpc) is 3.30. The van der Waals surface area contributed by atoms with Crippen molar-refractivity contribution in [3.05, 3.63) is 87.7 Å². The molecule has 2 heterocycles. The van der Waals surface area contributed by atoms with Crippen molar-refractivity contribution in [2.75, 3.05) is 5.32 Å². The molecule has 0 atom stereocenters. The van der Waals surface area contributed by atoms with E-state index in [-0.39, 0.29) is 33.4 Å². The average molecular weight is 527 g/mol. The van der Waals surface area contributed by atoms with Gasteiger partial charge in [0.2, 0.25) is 0 Å². The van der Waals surface area contributed by atoms with Gasteiger partial charge in [0.25, 0.3) is 11.8 Å². The van der Waals surface area contributed by atoms with Crippen molar-refractivity contribution in [2.24, 2.45) is 7.05 Å². The zero-order valence-corrected chi connectivity index (χ0v) is 18.9. The first-order chi connectivity index (χ1) is 16.3. The van der Waals surface area contributed by atoms with E-state index in [1.807, 2.05) is 0 Å². The van der Waals surface area contributed by atoms with Crippen LogP contribution in [0.25, 0.3) is 11.0 Å². The summed E-state index contributed by atoms with van der Waals surface area (Å²) in [7, 11) is 1.59. The molecule has 8 nitrogen and oxygen atoms in total. The Hall–Kier alpha value is -4.12. The fourth-order valence-corrected chi connectivity index (χ4v) is 3.95. The number of aromatic nitrogens is 2. The van der Waals surface area contributed by atoms with Gasteiger partial charge in [0, 0.05) is 11.5 Å². The van der Waals surface area contributed by atoms with Gasteiger partial charge in [-0.3, -0.25) is 9.59 Å². The maximum absolute atomic E-state index is 15.5. The van der Waals surface area contributed by atoms with Gasteiger partial charge in [-0.15, -0.1) is 0 Å². The highest BCUT2D eigenvalue weighted by Crippen LogP contribution is 2.33. The third kappa shape index (κ3) is 3.41. The molecule has 4 aromatic rings. The predicted octanol–water partition coefficient (Wildman–Crippen LogP) is 4.73. The van der Waals surface area contributed by atoms with Crippen LogP contribution in [-0.4, -0.2) is 32.4 Å². The number of carbonyl (C=O) groups is 3. The zero-order chi connectivity index (χ0) is 24.1. The van der Waals surface area contributed by atoms with E-state index >= 15 is 4.39 Å². The van der Waals surface area contributed by atoms with E-state index in [9.17, 15) is 18.8 Å². The number of nitrogens with zero attached hydrogens (tertiary/aromatic N) is 3. The second-order valence-electron chi connectivity index (χ2n) is 7.41. The Morgan fingerprint density at radius 2 is 1.74 bits per heavy atom. The van der Waals surface area contributed by atoms with Crippen LogP contribution < -0.4 is 5.32 Å². The molecule has 0 unspecified atom stereocenters. The Kier molecular flexibility index (Phi) is 5.13. The van der Waals surface area contributed by atoms with Gasteiger partial charge >= 0.3 is 5.97 Å². The number of fused-ring (bicyclic) bond motifs is 2. The lowest BCUT2D eigenvalue weighted by Gasteiger charge is -2.17. The molecule has 34 heavy (non-hydrogen) atoms. The van der Waals surface area contributed by atoms with Gasteiger partial charge in [-0.2, -0.15) is 0 Å². The molecule has 1 aliphatic heterocycles. The number of rotatable bonds is 4. The highest BCUT2D eigenvalue weighted by molar-refractivity contribution is 9.10. The van der Waals surface area contributed by atoms with Crippen molar-refractivity contribution in [1.82, 2.24) is 14.6 Å². The number of benzene rings is 3. The first-order valence-electron chi connectivity index (χ1n) is 9.82. The smallest absolute Gasteiger partial charge is 0.350 e. The Labute approximate surface area is 198 Å². The lowest BCUT2D eigenvalue weighted by atomic mass is 10.1. The molecular formula is C23H13BrF2N4O4. The maximum atomic E-state index is 15.5. The number of nitrogens with one attached hydrogen (secondary N) is 1. The summed E-state index contributed by atoms with van der Waals surface area (Å²) in [6.07, 6.45) is 1.34. The minimum Gasteiger partial charge on any atom is -0.350 e. The number of imidazole rings is 1. The Bertz CT molecular complexity index is 1500. The number of amides is 2.